The first kappa shape index (κ1) is 19.1. The SMILES string of the molecule is CCCOc1cccc(NCC(=O)NC(=O)NC23CC4CC(CC(C4)C2)C3)c1. The summed E-state index contributed by atoms with van der Waals surface area (Å²) in [4.78, 5) is 24.6. The van der Waals surface area contributed by atoms with Crippen molar-refractivity contribution in [3.63, 3.8) is 0 Å². The van der Waals surface area contributed by atoms with Gasteiger partial charge in [-0.05, 0) is 74.8 Å². The summed E-state index contributed by atoms with van der Waals surface area (Å²) in [6.07, 6.45) is 8.14. The van der Waals surface area contributed by atoms with Crippen molar-refractivity contribution in [1.29, 1.82) is 0 Å². The van der Waals surface area contributed by atoms with Gasteiger partial charge in [0.2, 0.25) is 5.91 Å². The molecule has 4 saturated carbocycles. The smallest absolute Gasteiger partial charge is 0.321 e. The molecule has 0 spiro atoms. The predicted octanol–water partition coefficient (Wildman–Crippen LogP) is 3.68. The fourth-order valence-corrected chi connectivity index (χ4v) is 5.80. The number of anilines is 1. The van der Waals surface area contributed by atoms with Crippen LogP contribution in [0.3, 0.4) is 0 Å². The van der Waals surface area contributed by atoms with E-state index < -0.39 is 0 Å². The number of carbonyl (C=O) groups is 2. The number of carbonyl (C=O) groups excluding carboxylic acids is 2. The molecule has 0 aliphatic heterocycles. The van der Waals surface area contributed by atoms with Crippen LogP contribution in [0.2, 0.25) is 0 Å². The van der Waals surface area contributed by atoms with E-state index in [9.17, 15) is 9.59 Å². The molecule has 1 aromatic carbocycles. The standard InChI is InChI=1S/C22H31N3O3/c1-2-6-28-19-5-3-4-18(10-19)23-14-20(26)24-21(27)25-22-11-15-7-16(12-22)9-17(8-15)13-22/h3-5,10,15-17,23H,2,6-9,11-14H2,1H3,(H2,24,25,26,27). The lowest BCUT2D eigenvalue weighted by molar-refractivity contribution is -0.118. The highest BCUT2D eigenvalue weighted by molar-refractivity contribution is 5.96. The Labute approximate surface area is 166 Å². The van der Waals surface area contributed by atoms with Crippen molar-refractivity contribution >= 4 is 17.6 Å². The molecule has 4 bridgehead atoms. The first-order valence-corrected chi connectivity index (χ1v) is 10.6. The van der Waals surface area contributed by atoms with Crippen LogP contribution in [-0.4, -0.2) is 30.6 Å². The topological polar surface area (TPSA) is 79.5 Å². The van der Waals surface area contributed by atoms with E-state index in [0.717, 1.165) is 54.9 Å². The van der Waals surface area contributed by atoms with Gasteiger partial charge in [-0.25, -0.2) is 4.79 Å². The number of rotatable bonds is 7. The maximum Gasteiger partial charge on any atom is 0.321 e. The van der Waals surface area contributed by atoms with E-state index >= 15 is 0 Å². The van der Waals surface area contributed by atoms with Gasteiger partial charge in [-0.2, -0.15) is 0 Å². The summed E-state index contributed by atoms with van der Waals surface area (Å²) in [6, 6.07) is 7.15. The second-order valence-electron chi connectivity index (χ2n) is 8.93. The molecule has 6 heteroatoms. The lowest BCUT2D eigenvalue weighted by Gasteiger charge is -2.56. The molecule has 4 aliphatic carbocycles. The summed E-state index contributed by atoms with van der Waals surface area (Å²) in [5.41, 5.74) is 0.711. The van der Waals surface area contributed by atoms with E-state index in [4.69, 9.17) is 4.74 Å². The number of ether oxygens (including phenoxy) is 1. The first-order chi connectivity index (χ1) is 13.5. The van der Waals surface area contributed by atoms with Crippen LogP contribution < -0.4 is 20.7 Å². The Morgan fingerprint density at radius 2 is 1.79 bits per heavy atom. The van der Waals surface area contributed by atoms with Gasteiger partial charge in [0.1, 0.15) is 5.75 Å². The highest BCUT2D eigenvalue weighted by Crippen LogP contribution is 2.55. The third kappa shape index (κ3) is 4.42. The van der Waals surface area contributed by atoms with Gasteiger partial charge in [0.05, 0.1) is 13.2 Å². The van der Waals surface area contributed by atoms with Crippen LogP contribution in [0.15, 0.2) is 24.3 Å². The highest BCUT2D eigenvalue weighted by Gasteiger charge is 2.51. The Morgan fingerprint density at radius 1 is 1.11 bits per heavy atom. The average molecular weight is 386 g/mol. The summed E-state index contributed by atoms with van der Waals surface area (Å²) >= 11 is 0. The molecular formula is C22H31N3O3. The van der Waals surface area contributed by atoms with Crippen LogP contribution in [0.1, 0.15) is 51.9 Å². The van der Waals surface area contributed by atoms with Crippen LogP contribution >= 0.6 is 0 Å². The van der Waals surface area contributed by atoms with Crippen molar-refractivity contribution in [2.45, 2.75) is 57.4 Å². The van der Waals surface area contributed by atoms with Gasteiger partial charge in [-0.3, -0.25) is 10.1 Å². The number of benzene rings is 1. The lowest BCUT2D eigenvalue weighted by atomic mass is 9.53. The maximum absolute atomic E-state index is 12.4. The van der Waals surface area contributed by atoms with Gasteiger partial charge in [-0.15, -0.1) is 0 Å². The number of hydrogen-bond donors (Lipinski definition) is 3. The fourth-order valence-electron chi connectivity index (χ4n) is 5.80. The maximum atomic E-state index is 12.4. The summed E-state index contributed by atoms with van der Waals surface area (Å²) in [5.74, 6) is 2.71. The molecule has 3 N–H and O–H groups in total. The van der Waals surface area contributed by atoms with Crippen LogP contribution in [0.5, 0.6) is 5.75 Å². The lowest BCUT2D eigenvalue weighted by Crippen LogP contribution is -2.62. The number of hydrogen-bond acceptors (Lipinski definition) is 4. The Balaban J connectivity index is 1.25. The zero-order valence-electron chi connectivity index (χ0n) is 16.6. The monoisotopic (exact) mass is 385 g/mol. The quantitative estimate of drug-likeness (QED) is 0.669. The average Bonchev–Trinajstić information content (AvgIpc) is 2.63. The van der Waals surface area contributed by atoms with Gasteiger partial charge in [0.25, 0.3) is 0 Å². The second-order valence-corrected chi connectivity index (χ2v) is 8.93. The number of imide groups is 1. The first-order valence-electron chi connectivity index (χ1n) is 10.6. The molecule has 28 heavy (non-hydrogen) atoms. The molecule has 3 amide bonds. The summed E-state index contributed by atoms with van der Waals surface area (Å²) in [6.45, 7) is 2.76. The van der Waals surface area contributed by atoms with Crippen molar-refractivity contribution in [2.24, 2.45) is 17.8 Å². The largest absolute Gasteiger partial charge is 0.494 e. The molecule has 0 saturated heterocycles. The minimum absolute atomic E-state index is 0.0471. The molecule has 1 aromatic rings. The summed E-state index contributed by atoms with van der Waals surface area (Å²) in [5, 5.41) is 8.71. The molecule has 0 unspecified atom stereocenters. The molecule has 4 aliphatic rings. The van der Waals surface area contributed by atoms with Gasteiger partial charge < -0.3 is 15.4 Å². The van der Waals surface area contributed by atoms with Crippen LogP contribution in [0.25, 0.3) is 0 Å². The number of urea groups is 1. The van der Waals surface area contributed by atoms with Gasteiger partial charge >= 0.3 is 6.03 Å². The van der Waals surface area contributed by atoms with Crippen molar-refractivity contribution in [1.82, 2.24) is 10.6 Å². The third-order valence-electron chi connectivity index (χ3n) is 6.43. The Morgan fingerprint density at radius 3 is 2.43 bits per heavy atom. The summed E-state index contributed by atoms with van der Waals surface area (Å²) in [7, 11) is 0. The van der Waals surface area contributed by atoms with E-state index in [-0.39, 0.29) is 24.0 Å². The summed E-state index contributed by atoms with van der Waals surface area (Å²) < 4.78 is 5.60. The molecule has 0 aromatic heterocycles. The van der Waals surface area contributed by atoms with Crippen molar-refractivity contribution in [3.8, 4) is 5.75 Å². The molecule has 0 heterocycles. The second kappa shape index (κ2) is 8.02. The van der Waals surface area contributed by atoms with Crippen molar-refractivity contribution < 1.29 is 14.3 Å². The van der Waals surface area contributed by atoms with Crippen LogP contribution in [0, 0.1) is 17.8 Å². The van der Waals surface area contributed by atoms with Crippen molar-refractivity contribution in [3.05, 3.63) is 24.3 Å². The Kier molecular flexibility index (Phi) is 5.47. The predicted molar refractivity (Wildman–Crippen MR) is 108 cm³/mol. The zero-order valence-corrected chi connectivity index (χ0v) is 16.6. The molecule has 5 rings (SSSR count). The van der Waals surface area contributed by atoms with Gasteiger partial charge in [0, 0.05) is 17.3 Å². The molecular weight excluding hydrogens is 354 g/mol. The molecule has 0 radical (unpaired) electrons. The van der Waals surface area contributed by atoms with E-state index in [1.165, 1.54) is 19.3 Å². The van der Waals surface area contributed by atoms with Crippen LogP contribution in [-0.2, 0) is 4.79 Å². The Bertz CT molecular complexity index is 698. The van der Waals surface area contributed by atoms with Gasteiger partial charge in [-0.1, -0.05) is 13.0 Å². The van der Waals surface area contributed by atoms with E-state index in [1.54, 1.807) is 0 Å². The van der Waals surface area contributed by atoms with Gasteiger partial charge in [0.15, 0.2) is 0 Å². The van der Waals surface area contributed by atoms with Crippen molar-refractivity contribution in [2.75, 3.05) is 18.5 Å². The van der Waals surface area contributed by atoms with E-state index in [0.29, 0.717) is 6.61 Å². The zero-order chi connectivity index (χ0) is 19.6. The Hall–Kier alpha value is -2.24. The van der Waals surface area contributed by atoms with E-state index in [2.05, 4.69) is 22.9 Å². The van der Waals surface area contributed by atoms with E-state index in [1.807, 2.05) is 24.3 Å². The molecule has 152 valence electrons. The number of amides is 3. The minimum Gasteiger partial charge on any atom is -0.494 e. The normalized spacial score (nSPS) is 30.0. The number of nitrogens with one attached hydrogen (secondary N) is 3. The third-order valence-corrected chi connectivity index (χ3v) is 6.43. The molecule has 6 nitrogen and oxygen atoms in total. The molecule has 0 atom stereocenters. The molecule has 4 fully saturated rings. The van der Waals surface area contributed by atoms with Crippen LogP contribution in [0.4, 0.5) is 10.5 Å². The fraction of sp³-hybridized carbons (Fsp3) is 0.636. The minimum atomic E-state index is -0.353. The highest BCUT2D eigenvalue weighted by atomic mass is 16.5.